The molecule has 0 fully saturated rings. The SMILES string of the molecule is CN(C)NCc1ccn(-c2ccccc2)n1. The second-order valence-corrected chi connectivity index (χ2v) is 3.82. The van der Waals surface area contributed by atoms with Crippen LogP contribution in [0.2, 0.25) is 0 Å². The number of nitrogens with one attached hydrogen (secondary N) is 1. The number of hydrogen-bond donors (Lipinski definition) is 1. The molecule has 0 aliphatic carbocycles. The van der Waals surface area contributed by atoms with Crippen LogP contribution in [0.5, 0.6) is 0 Å². The van der Waals surface area contributed by atoms with Crippen LogP contribution in [0.25, 0.3) is 5.69 Å². The second-order valence-electron chi connectivity index (χ2n) is 3.82. The van der Waals surface area contributed by atoms with Gasteiger partial charge in [-0.25, -0.2) is 10.1 Å². The number of para-hydroxylation sites is 1. The predicted molar refractivity (Wildman–Crippen MR) is 64.1 cm³/mol. The van der Waals surface area contributed by atoms with Gasteiger partial charge in [0.25, 0.3) is 0 Å². The Kier molecular flexibility index (Phi) is 3.34. The molecule has 4 nitrogen and oxygen atoms in total. The minimum atomic E-state index is 0.743. The van der Waals surface area contributed by atoms with Crippen molar-refractivity contribution in [2.45, 2.75) is 6.54 Å². The molecule has 0 saturated carbocycles. The zero-order valence-corrected chi connectivity index (χ0v) is 9.59. The van der Waals surface area contributed by atoms with Crippen molar-refractivity contribution in [1.29, 1.82) is 0 Å². The van der Waals surface area contributed by atoms with Crippen LogP contribution in [0, 0.1) is 0 Å². The van der Waals surface area contributed by atoms with E-state index in [2.05, 4.69) is 10.5 Å². The number of nitrogens with zero attached hydrogens (tertiary/aromatic N) is 3. The van der Waals surface area contributed by atoms with Crippen molar-refractivity contribution in [3.05, 3.63) is 48.3 Å². The van der Waals surface area contributed by atoms with Crippen molar-refractivity contribution in [1.82, 2.24) is 20.2 Å². The molecule has 2 aromatic rings. The van der Waals surface area contributed by atoms with E-state index in [9.17, 15) is 0 Å². The van der Waals surface area contributed by atoms with Gasteiger partial charge in [0.1, 0.15) is 0 Å². The molecular weight excluding hydrogens is 200 g/mol. The smallest absolute Gasteiger partial charge is 0.0781 e. The Hall–Kier alpha value is -1.65. The third-order valence-electron chi connectivity index (χ3n) is 2.24. The summed E-state index contributed by atoms with van der Waals surface area (Å²) in [6.45, 7) is 0.743. The molecule has 0 amide bonds. The topological polar surface area (TPSA) is 33.1 Å². The van der Waals surface area contributed by atoms with Crippen molar-refractivity contribution >= 4 is 0 Å². The highest BCUT2D eigenvalue weighted by atomic mass is 15.5. The second kappa shape index (κ2) is 4.92. The first kappa shape index (κ1) is 10.9. The highest BCUT2D eigenvalue weighted by Crippen LogP contribution is 2.06. The molecule has 0 saturated heterocycles. The Balaban J connectivity index is 2.08. The van der Waals surface area contributed by atoms with E-state index in [1.807, 2.05) is 66.4 Å². The molecule has 0 aliphatic rings. The van der Waals surface area contributed by atoms with E-state index in [0.717, 1.165) is 17.9 Å². The van der Waals surface area contributed by atoms with E-state index in [4.69, 9.17) is 0 Å². The zero-order valence-electron chi connectivity index (χ0n) is 9.59. The minimum Gasteiger partial charge on any atom is -0.250 e. The molecule has 1 N–H and O–H groups in total. The summed E-state index contributed by atoms with van der Waals surface area (Å²) in [6.07, 6.45) is 1.97. The first-order valence-electron chi connectivity index (χ1n) is 5.26. The summed E-state index contributed by atoms with van der Waals surface area (Å²) in [5.74, 6) is 0. The molecule has 0 spiro atoms. The molecule has 0 atom stereocenters. The van der Waals surface area contributed by atoms with Crippen LogP contribution in [-0.4, -0.2) is 28.9 Å². The van der Waals surface area contributed by atoms with E-state index >= 15 is 0 Å². The molecule has 0 bridgehead atoms. The standard InChI is InChI=1S/C12H16N4/c1-15(2)13-10-11-8-9-16(14-11)12-6-4-3-5-7-12/h3-9,13H,10H2,1-2H3. The largest absolute Gasteiger partial charge is 0.250 e. The van der Waals surface area contributed by atoms with Gasteiger partial charge in [-0.15, -0.1) is 0 Å². The van der Waals surface area contributed by atoms with Crippen molar-refractivity contribution in [3.8, 4) is 5.69 Å². The quantitative estimate of drug-likeness (QED) is 0.785. The fourth-order valence-electron chi connectivity index (χ4n) is 1.42. The Morgan fingerprint density at radius 1 is 1.19 bits per heavy atom. The Morgan fingerprint density at radius 2 is 1.94 bits per heavy atom. The van der Waals surface area contributed by atoms with Crippen LogP contribution in [-0.2, 0) is 6.54 Å². The Bertz CT molecular complexity index is 433. The molecule has 1 heterocycles. The summed E-state index contributed by atoms with van der Waals surface area (Å²) >= 11 is 0. The fourth-order valence-corrected chi connectivity index (χ4v) is 1.42. The van der Waals surface area contributed by atoms with Crippen molar-refractivity contribution < 1.29 is 0 Å². The van der Waals surface area contributed by atoms with E-state index in [1.54, 1.807) is 0 Å². The lowest BCUT2D eigenvalue weighted by Crippen LogP contribution is -2.29. The average molecular weight is 216 g/mol. The maximum absolute atomic E-state index is 4.48. The third kappa shape index (κ3) is 2.68. The zero-order chi connectivity index (χ0) is 11.4. The molecule has 0 radical (unpaired) electrons. The molecule has 1 aromatic heterocycles. The van der Waals surface area contributed by atoms with Gasteiger partial charge < -0.3 is 0 Å². The summed E-state index contributed by atoms with van der Waals surface area (Å²) in [6, 6.07) is 12.1. The average Bonchev–Trinajstić information content (AvgIpc) is 2.76. The van der Waals surface area contributed by atoms with E-state index < -0.39 is 0 Å². The molecule has 84 valence electrons. The summed E-state index contributed by atoms with van der Waals surface area (Å²) in [7, 11) is 3.93. The first-order chi connectivity index (χ1) is 7.75. The molecule has 0 aliphatic heterocycles. The monoisotopic (exact) mass is 216 g/mol. The van der Waals surface area contributed by atoms with Crippen LogP contribution >= 0.6 is 0 Å². The number of hydrazine groups is 1. The van der Waals surface area contributed by atoms with E-state index in [1.165, 1.54) is 0 Å². The van der Waals surface area contributed by atoms with Crippen molar-refractivity contribution in [2.75, 3.05) is 14.1 Å². The number of benzene rings is 1. The van der Waals surface area contributed by atoms with Crippen LogP contribution in [0.3, 0.4) is 0 Å². The predicted octanol–water partition coefficient (Wildman–Crippen LogP) is 1.44. The van der Waals surface area contributed by atoms with Gasteiger partial charge in [0.05, 0.1) is 17.9 Å². The maximum atomic E-state index is 4.48. The van der Waals surface area contributed by atoms with Gasteiger partial charge in [0.2, 0.25) is 0 Å². The van der Waals surface area contributed by atoms with Gasteiger partial charge in [-0.1, -0.05) is 18.2 Å². The molecule has 16 heavy (non-hydrogen) atoms. The van der Waals surface area contributed by atoms with Crippen molar-refractivity contribution in [3.63, 3.8) is 0 Å². The van der Waals surface area contributed by atoms with Gasteiger partial charge in [0, 0.05) is 20.3 Å². The summed E-state index contributed by atoms with van der Waals surface area (Å²) in [5.41, 5.74) is 5.29. The van der Waals surface area contributed by atoms with Gasteiger partial charge in [-0.05, 0) is 18.2 Å². The van der Waals surface area contributed by atoms with E-state index in [0.29, 0.717) is 0 Å². The lowest BCUT2D eigenvalue weighted by Gasteiger charge is -2.09. The third-order valence-corrected chi connectivity index (χ3v) is 2.24. The normalized spacial score (nSPS) is 10.9. The minimum absolute atomic E-state index is 0.743. The van der Waals surface area contributed by atoms with Gasteiger partial charge >= 0.3 is 0 Å². The van der Waals surface area contributed by atoms with Crippen molar-refractivity contribution in [2.24, 2.45) is 0 Å². The van der Waals surface area contributed by atoms with E-state index in [-0.39, 0.29) is 0 Å². The molecule has 4 heteroatoms. The Morgan fingerprint density at radius 3 is 2.62 bits per heavy atom. The molecule has 1 aromatic carbocycles. The fraction of sp³-hybridized carbons (Fsp3) is 0.250. The highest BCUT2D eigenvalue weighted by Gasteiger charge is 2.00. The first-order valence-corrected chi connectivity index (χ1v) is 5.26. The lowest BCUT2D eigenvalue weighted by atomic mass is 10.3. The summed E-state index contributed by atoms with van der Waals surface area (Å²) < 4.78 is 1.88. The summed E-state index contributed by atoms with van der Waals surface area (Å²) in [4.78, 5) is 0. The van der Waals surface area contributed by atoms with Crippen LogP contribution in [0.15, 0.2) is 42.6 Å². The van der Waals surface area contributed by atoms with Crippen LogP contribution in [0.4, 0.5) is 0 Å². The summed E-state index contributed by atoms with van der Waals surface area (Å²) in [5, 5.41) is 6.40. The van der Waals surface area contributed by atoms with Crippen LogP contribution < -0.4 is 5.43 Å². The van der Waals surface area contributed by atoms with Crippen LogP contribution in [0.1, 0.15) is 5.69 Å². The highest BCUT2D eigenvalue weighted by molar-refractivity contribution is 5.30. The molecular formula is C12H16N4. The lowest BCUT2D eigenvalue weighted by molar-refractivity contribution is 0.284. The van der Waals surface area contributed by atoms with Gasteiger partial charge in [0.15, 0.2) is 0 Å². The number of aromatic nitrogens is 2. The number of rotatable bonds is 4. The van der Waals surface area contributed by atoms with Gasteiger partial charge in [-0.3, -0.25) is 5.01 Å². The maximum Gasteiger partial charge on any atom is 0.0781 e. The number of hydrogen-bond acceptors (Lipinski definition) is 3. The van der Waals surface area contributed by atoms with Gasteiger partial charge in [-0.2, -0.15) is 5.10 Å². The molecule has 2 rings (SSSR count). The Labute approximate surface area is 95.5 Å². The molecule has 0 unspecified atom stereocenters.